The summed E-state index contributed by atoms with van der Waals surface area (Å²) in [5.41, 5.74) is -0.682. The number of rotatable bonds is 10. The van der Waals surface area contributed by atoms with E-state index in [1.165, 1.54) is 18.7 Å². The van der Waals surface area contributed by atoms with Crippen molar-refractivity contribution >= 4 is 51.7 Å². The Morgan fingerprint density at radius 2 is 1.21 bits per heavy atom. The first-order valence-electron chi connectivity index (χ1n) is 8.68. The number of nitrogens with one attached hydrogen (secondary N) is 2. The van der Waals surface area contributed by atoms with Crippen molar-refractivity contribution in [2.45, 2.75) is 40.2 Å². The van der Waals surface area contributed by atoms with Crippen molar-refractivity contribution in [1.82, 2.24) is 15.5 Å². The summed E-state index contributed by atoms with van der Waals surface area (Å²) in [7, 11) is 0. The third-order valence-corrected chi connectivity index (χ3v) is 4.50. The molecule has 11 heteroatoms. The highest BCUT2D eigenvalue weighted by molar-refractivity contribution is 8.14. The van der Waals surface area contributed by atoms with Crippen molar-refractivity contribution in [3.8, 4) is 0 Å². The highest BCUT2D eigenvalue weighted by Crippen LogP contribution is 2.09. The fourth-order valence-electron chi connectivity index (χ4n) is 1.72. The molecule has 0 aromatic heterocycles. The summed E-state index contributed by atoms with van der Waals surface area (Å²) in [4.78, 5) is 58.7. The first kappa shape index (κ1) is 26.2. The van der Waals surface area contributed by atoms with Crippen molar-refractivity contribution in [3.05, 3.63) is 0 Å². The van der Waals surface area contributed by atoms with E-state index in [0.29, 0.717) is 0 Å². The topological polar surface area (TPSA) is 122 Å². The Kier molecular flexibility index (Phi) is 12.6. The Labute approximate surface area is 174 Å². The molecule has 0 heterocycles. The molecule has 28 heavy (non-hydrogen) atoms. The number of amides is 3. The summed E-state index contributed by atoms with van der Waals surface area (Å²) in [5, 5.41) is 4.96. The van der Waals surface area contributed by atoms with Crippen LogP contribution < -0.4 is 10.6 Å². The molecule has 0 unspecified atom stereocenters. The Balaban J connectivity index is 4.52. The van der Waals surface area contributed by atoms with Gasteiger partial charge < -0.3 is 20.3 Å². The molecule has 0 rings (SSSR count). The largest absolute Gasteiger partial charge is 0.444 e. The molecule has 0 aromatic carbocycles. The van der Waals surface area contributed by atoms with Crippen molar-refractivity contribution in [2.75, 3.05) is 37.7 Å². The average Bonchev–Trinajstić information content (AvgIpc) is 2.55. The number of nitrogens with zero attached hydrogens (tertiary/aromatic N) is 1. The first-order valence-corrected chi connectivity index (χ1v) is 10.7. The molecule has 0 radical (unpaired) electrons. The van der Waals surface area contributed by atoms with Gasteiger partial charge in [-0.3, -0.25) is 19.2 Å². The lowest BCUT2D eigenvalue weighted by molar-refractivity contribution is -0.119. The lowest BCUT2D eigenvalue weighted by Gasteiger charge is -2.27. The van der Waals surface area contributed by atoms with Gasteiger partial charge in [-0.1, -0.05) is 23.5 Å². The van der Waals surface area contributed by atoms with Crippen LogP contribution in [0.25, 0.3) is 0 Å². The SMILES string of the molecule is CC(=O)SCC(=O)NCCN(CCNC(=O)CSC(C)=O)C(=O)OC(C)(C)C. The van der Waals surface area contributed by atoms with Crippen LogP contribution in [0.3, 0.4) is 0 Å². The first-order chi connectivity index (χ1) is 12.9. The summed E-state index contributed by atoms with van der Waals surface area (Å²) >= 11 is 1.81. The van der Waals surface area contributed by atoms with E-state index in [1.807, 2.05) is 0 Å². The van der Waals surface area contributed by atoms with Gasteiger partial charge in [0, 0.05) is 40.0 Å². The molecule has 0 saturated carbocycles. The maximum atomic E-state index is 12.3. The van der Waals surface area contributed by atoms with Gasteiger partial charge in [-0.2, -0.15) is 0 Å². The quantitative estimate of drug-likeness (QED) is 0.521. The van der Waals surface area contributed by atoms with Crippen LogP contribution in [0.5, 0.6) is 0 Å². The van der Waals surface area contributed by atoms with E-state index < -0.39 is 11.7 Å². The standard InChI is InChI=1S/C17H29N3O6S2/c1-12(21)27-10-14(23)18-6-8-20(16(25)26-17(3,4)5)9-7-19-15(24)11-28-13(2)22/h6-11H2,1-5H3,(H,18,23)(H,19,24). The van der Waals surface area contributed by atoms with E-state index in [4.69, 9.17) is 4.74 Å². The Hall–Kier alpha value is -1.75. The van der Waals surface area contributed by atoms with Gasteiger partial charge in [0.05, 0.1) is 11.5 Å². The van der Waals surface area contributed by atoms with E-state index in [9.17, 15) is 24.0 Å². The van der Waals surface area contributed by atoms with Gasteiger partial charge >= 0.3 is 6.09 Å². The molecule has 0 aliphatic heterocycles. The van der Waals surface area contributed by atoms with Gasteiger partial charge in [-0.25, -0.2) is 4.79 Å². The van der Waals surface area contributed by atoms with Crippen molar-refractivity contribution in [1.29, 1.82) is 0 Å². The third kappa shape index (κ3) is 15.3. The molecule has 0 atom stereocenters. The van der Waals surface area contributed by atoms with Crippen LogP contribution in [-0.2, 0) is 23.9 Å². The van der Waals surface area contributed by atoms with Crippen LogP contribution in [0.15, 0.2) is 0 Å². The molecule has 3 amide bonds. The number of carbonyl (C=O) groups is 5. The molecule has 0 aromatic rings. The highest BCUT2D eigenvalue weighted by Gasteiger charge is 2.22. The van der Waals surface area contributed by atoms with Gasteiger partial charge in [-0.15, -0.1) is 0 Å². The van der Waals surface area contributed by atoms with Gasteiger partial charge in [0.2, 0.25) is 11.8 Å². The fourth-order valence-corrected chi connectivity index (χ4v) is 2.59. The minimum atomic E-state index is -0.682. The normalized spacial score (nSPS) is 10.8. The zero-order chi connectivity index (χ0) is 21.7. The number of thioether (sulfide) groups is 2. The minimum absolute atomic E-state index is 0.0195. The van der Waals surface area contributed by atoms with Crippen molar-refractivity contribution < 1.29 is 28.7 Å². The predicted molar refractivity (Wildman–Crippen MR) is 110 cm³/mol. The number of ether oxygens (including phenoxy) is 1. The zero-order valence-corrected chi connectivity index (χ0v) is 18.6. The second-order valence-corrected chi connectivity index (χ2v) is 9.03. The van der Waals surface area contributed by atoms with Crippen LogP contribution in [-0.4, -0.2) is 76.3 Å². The Bertz CT molecular complexity index is 542. The molecule has 0 aliphatic carbocycles. The summed E-state index contributed by atoms with van der Waals surface area (Å²) in [6.07, 6.45) is -0.563. The molecular weight excluding hydrogens is 406 g/mol. The fraction of sp³-hybridized carbons (Fsp3) is 0.706. The monoisotopic (exact) mass is 435 g/mol. The van der Waals surface area contributed by atoms with Gasteiger partial charge in [0.1, 0.15) is 5.60 Å². The van der Waals surface area contributed by atoms with E-state index in [1.54, 1.807) is 20.8 Å². The van der Waals surface area contributed by atoms with Gasteiger partial charge in [0.15, 0.2) is 10.2 Å². The van der Waals surface area contributed by atoms with Gasteiger partial charge in [0.25, 0.3) is 0 Å². The van der Waals surface area contributed by atoms with E-state index in [0.717, 1.165) is 23.5 Å². The number of hydrogen-bond donors (Lipinski definition) is 2. The molecule has 9 nitrogen and oxygen atoms in total. The Morgan fingerprint density at radius 1 is 0.821 bits per heavy atom. The predicted octanol–water partition coefficient (Wildman–Crippen LogP) is 1.02. The number of carbonyl (C=O) groups excluding carboxylic acids is 5. The number of hydrogen-bond acceptors (Lipinski definition) is 8. The summed E-state index contributed by atoms with van der Waals surface area (Å²) in [6, 6.07) is 0. The van der Waals surface area contributed by atoms with E-state index >= 15 is 0 Å². The van der Waals surface area contributed by atoms with Crippen LogP contribution in [0.4, 0.5) is 4.79 Å². The van der Waals surface area contributed by atoms with Gasteiger partial charge in [-0.05, 0) is 20.8 Å². The third-order valence-electron chi connectivity index (χ3n) is 2.87. The van der Waals surface area contributed by atoms with Crippen LogP contribution >= 0.6 is 23.5 Å². The van der Waals surface area contributed by atoms with Crippen molar-refractivity contribution in [3.63, 3.8) is 0 Å². The maximum Gasteiger partial charge on any atom is 0.410 e. The molecule has 0 saturated heterocycles. The van der Waals surface area contributed by atoms with Crippen LogP contribution in [0, 0.1) is 0 Å². The van der Waals surface area contributed by atoms with Crippen LogP contribution in [0.2, 0.25) is 0 Å². The molecule has 0 bridgehead atoms. The van der Waals surface area contributed by atoms with E-state index in [2.05, 4.69) is 10.6 Å². The molecule has 160 valence electrons. The highest BCUT2D eigenvalue weighted by atomic mass is 32.2. The summed E-state index contributed by atoms with van der Waals surface area (Å²) < 4.78 is 5.34. The average molecular weight is 436 g/mol. The molecule has 0 fully saturated rings. The zero-order valence-electron chi connectivity index (χ0n) is 17.0. The lowest BCUT2D eigenvalue weighted by Crippen LogP contribution is -2.45. The summed E-state index contributed by atoms with van der Waals surface area (Å²) in [6.45, 7) is 8.72. The second kappa shape index (κ2) is 13.4. The van der Waals surface area contributed by atoms with Crippen molar-refractivity contribution in [2.24, 2.45) is 0 Å². The van der Waals surface area contributed by atoms with E-state index in [-0.39, 0.29) is 59.7 Å². The Morgan fingerprint density at radius 3 is 1.54 bits per heavy atom. The molecule has 0 aliphatic rings. The minimum Gasteiger partial charge on any atom is -0.444 e. The summed E-state index contributed by atoms with van der Waals surface area (Å²) in [5.74, 6) is -0.574. The lowest BCUT2D eigenvalue weighted by atomic mass is 10.2. The maximum absolute atomic E-state index is 12.3. The second-order valence-electron chi connectivity index (χ2n) is 6.73. The molecule has 2 N–H and O–H groups in total. The smallest absolute Gasteiger partial charge is 0.410 e. The molecular formula is C17H29N3O6S2. The van der Waals surface area contributed by atoms with Crippen LogP contribution in [0.1, 0.15) is 34.6 Å². The molecule has 0 spiro atoms.